The minimum atomic E-state index is -3.62. The highest BCUT2D eigenvalue weighted by molar-refractivity contribution is 7.89. The average molecular weight is 392 g/mol. The van der Waals surface area contributed by atoms with Crippen LogP contribution in [0, 0.1) is 0 Å². The Morgan fingerprint density at radius 2 is 1.85 bits per heavy atom. The second kappa shape index (κ2) is 7.93. The third-order valence-corrected chi connectivity index (χ3v) is 6.24. The minimum absolute atomic E-state index is 0.00475. The summed E-state index contributed by atoms with van der Waals surface area (Å²) in [6.07, 6.45) is 2.69. The van der Waals surface area contributed by atoms with Crippen LogP contribution in [0.15, 0.2) is 45.7 Å². The van der Waals surface area contributed by atoms with Crippen LogP contribution in [0.5, 0.6) is 0 Å². The largest absolute Gasteiger partial charge is 0.475 e. The first-order valence-electron chi connectivity index (χ1n) is 8.58. The summed E-state index contributed by atoms with van der Waals surface area (Å²) < 4.78 is 32.0. The molecule has 0 atom stereocenters. The van der Waals surface area contributed by atoms with Gasteiger partial charge in [0, 0.05) is 18.7 Å². The Hall–Kier alpha value is -2.65. The number of rotatable bonds is 6. The molecule has 1 aliphatic heterocycles. The molecule has 0 aliphatic carbocycles. The molecule has 0 spiro atoms. The molecule has 2 N–H and O–H groups in total. The summed E-state index contributed by atoms with van der Waals surface area (Å²) in [7, 11) is -3.62. The first-order valence-corrected chi connectivity index (χ1v) is 10.0. The van der Waals surface area contributed by atoms with Gasteiger partial charge in [-0.25, -0.2) is 13.2 Å². The number of carbonyl (C=O) groups excluding carboxylic acids is 1. The fourth-order valence-corrected chi connectivity index (χ4v) is 4.47. The molecule has 1 aromatic heterocycles. The van der Waals surface area contributed by atoms with E-state index in [0.29, 0.717) is 13.1 Å². The van der Waals surface area contributed by atoms with Crippen molar-refractivity contribution in [1.29, 1.82) is 0 Å². The third kappa shape index (κ3) is 4.37. The van der Waals surface area contributed by atoms with E-state index in [0.717, 1.165) is 19.3 Å². The molecule has 144 valence electrons. The van der Waals surface area contributed by atoms with Gasteiger partial charge in [0.1, 0.15) is 5.76 Å². The van der Waals surface area contributed by atoms with Crippen molar-refractivity contribution in [2.24, 2.45) is 0 Å². The van der Waals surface area contributed by atoms with Gasteiger partial charge in [-0.1, -0.05) is 12.5 Å². The molecule has 2 aromatic rings. The zero-order valence-corrected chi connectivity index (χ0v) is 15.4. The first kappa shape index (κ1) is 19.1. The van der Waals surface area contributed by atoms with Crippen LogP contribution in [0.2, 0.25) is 0 Å². The van der Waals surface area contributed by atoms with Crippen LogP contribution in [0.1, 0.15) is 45.9 Å². The number of hydrogen-bond acceptors (Lipinski definition) is 5. The monoisotopic (exact) mass is 392 g/mol. The van der Waals surface area contributed by atoms with E-state index in [-0.39, 0.29) is 28.5 Å². The van der Waals surface area contributed by atoms with Gasteiger partial charge in [0.25, 0.3) is 5.91 Å². The van der Waals surface area contributed by atoms with Crippen LogP contribution < -0.4 is 5.32 Å². The van der Waals surface area contributed by atoms with Gasteiger partial charge in [0.15, 0.2) is 0 Å². The van der Waals surface area contributed by atoms with Crippen molar-refractivity contribution < 1.29 is 27.5 Å². The molecule has 3 rings (SSSR count). The smallest absolute Gasteiger partial charge is 0.371 e. The van der Waals surface area contributed by atoms with Crippen LogP contribution in [0.3, 0.4) is 0 Å². The molecular formula is C18H20N2O6S. The number of nitrogens with zero attached hydrogens (tertiary/aromatic N) is 1. The Morgan fingerprint density at radius 3 is 2.52 bits per heavy atom. The number of piperidine rings is 1. The van der Waals surface area contributed by atoms with E-state index in [1.807, 2.05) is 0 Å². The summed E-state index contributed by atoms with van der Waals surface area (Å²) in [5.41, 5.74) is 0.207. The molecule has 0 radical (unpaired) electrons. The topological polar surface area (TPSA) is 117 Å². The van der Waals surface area contributed by atoms with E-state index in [1.165, 1.54) is 40.7 Å². The molecule has 0 saturated carbocycles. The summed E-state index contributed by atoms with van der Waals surface area (Å²) in [4.78, 5) is 23.2. The highest BCUT2D eigenvalue weighted by Crippen LogP contribution is 2.21. The number of amides is 1. The van der Waals surface area contributed by atoms with Gasteiger partial charge >= 0.3 is 5.97 Å². The van der Waals surface area contributed by atoms with Gasteiger partial charge in [-0.15, -0.1) is 0 Å². The average Bonchev–Trinajstić information content (AvgIpc) is 3.16. The molecule has 0 bridgehead atoms. The van der Waals surface area contributed by atoms with Crippen molar-refractivity contribution in [1.82, 2.24) is 9.62 Å². The lowest BCUT2D eigenvalue weighted by Crippen LogP contribution is -2.35. The summed E-state index contributed by atoms with van der Waals surface area (Å²) in [5, 5.41) is 11.4. The van der Waals surface area contributed by atoms with Gasteiger partial charge < -0.3 is 14.8 Å². The SMILES string of the molecule is O=C(NCc1ccc(C(=O)O)o1)c1cccc(S(=O)(=O)N2CCCCC2)c1. The molecule has 9 heteroatoms. The highest BCUT2D eigenvalue weighted by Gasteiger charge is 2.26. The van der Waals surface area contributed by atoms with Crippen LogP contribution in [0.4, 0.5) is 0 Å². The van der Waals surface area contributed by atoms with Crippen molar-refractivity contribution in [2.45, 2.75) is 30.7 Å². The van der Waals surface area contributed by atoms with Crippen LogP contribution in [-0.2, 0) is 16.6 Å². The maximum Gasteiger partial charge on any atom is 0.371 e. The molecule has 1 saturated heterocycles. The van der Waals surface area contributed by atoms with Crippen molar-refractivity contribution in [3.8, 4) is 0 Å². The predicted molar refractivity (Wildman–Crippen MR) is 95.9 cm³/mol. The Morgan fingerprint density at radius 1 is 1.11 bits per heavy atom. The second-order valence-electron chi connectivity index (χ2n) is 6.25. The van der Waals surface area contributed by atoms with Crippen molar-refractivity contribution in [3.63, 3.8) is 0 Å². The first-order chi connectivity index (χ1) is 12.9. The van der Waals surface area contributed by atoms with Gasteiger partial charge in [-0.3, -0.25) is 4.79 Å². The lowest BCUT2D eigenvalue weighted by Gasteiger charge is -2.26. The van der Waals surface area contributed by atoms with E-state index in [9.17, 15) is 18.0 Å². The molecule has 1 amide bonds. The van der Waals surface area contributed by atoms with Gasteiger partial charge in [0.2, 0.25) is 15.8 Å². The zero-order valence-electron chi connectivity index (χ0n) is 14.6. The number of furan rings is 1. The Kier molecular flexibility index (Phi) is 5.62. The number of carboxylic acid groups (broad SMARTS) is 1. The molecule has 2 heterocycles. The fraction of sp³-hybridized carbons (Fsp3) is 0.333. The van der Waals surface area contributed by atoms with Gasteiger partial charge in [-0.05, 0) is 43.2 Å². The zero-order chi connectivity index (χ0) is 19.4. The molecule has 8 nitrogen and oxygen atoms in total. The Labute approximate surface area is 156 Å². The normalized spacial score (nSPS) is 15.4. The molecule has 1 fully saturated rings. The van der Waals surface area contributed by atoms with E-state index < -0.39 is 21.9 Å². The van der Waals surface area contributed by atoms with E-state index in [4.69, 9.17) is 9.52 Å². The maximum absolute atomic E-state index is 12.7. The number of benzene rings is 1. The standard InChI is InChI=1S/C18H20N2O6S/c21-17(19-12-14-7-8-16(26-14)18(22)23)13-5-4-6-15(11-13)27(24,25)20-9-2-1-3-10-20/h4-8,11H,1-3,9-10,12H2,(H,19,21)(H,22,23). The Bertz CT molecular complexity index is 944. The lowest BCUT2D eigenvalue weighted by molar-refractivity contribution is 0.0660. The lowest BCUT2D eigenvalue weighted by atomic mass is 10.2. The van der Waals surface area contributed by atoms with Crippen molar-refractivity contribution >= 4 is 21.9 Å². The molecule has 1 aromatic carbocycles. The number of carbonyl (C=O) groups is 2. The summed E-state index contributed by atoms with van der Waals surface area (Å²) in [5.74, 6) is -1.59. The van der Waals surface area contributed by atoms with Crippen molar-refractivity contribution in [2.75, 3.05) is 13.1 Å². The molecule has 27 heavy (non-hydrogen) atoms. The van der Waals surface area contributed by atoms with E-state index in [2.05, 4.69) is 5.32 Å². The molecule has 1 aliphatic rings. The number of nitrogens with one attached hydrogen (secondary N) is 1. The minimum Gasteiger partial charge on any atom is -0.475 e. The predicted octanol–water partition coefficient (Wildman–Crippen LogP) is 2.08. The van der Waals surface area contributed by atoms with E-state index in [1.54, 1.807) is 0 Å². The van der Waals surface area contributed by atoms with Gasteiger partial charge in [-0.2, -0.15) is 4.31 Å². The highest BCUT2D eigenvalue weighted by atomic mass is 32.2. The summed E-state index contributed by atoms with van der Waals surface area (Å²) in [6, 6.07) is 8.64. The maximum atomic E-state index is 12.7. The molecule has 0 unspecified atom stereocenters. The van der Waals surface area contributed by atoms with Crippen molar-refractivity contribution in [3.05, 3.63) is 53.5 Å². The number of aromatic carboxylic acids is 1. The number of hydrogen-bond donors (Lipinski definition) is 2. The number of carboxylic acids is 1. The number of sulfonamides is 1. The van der Waals surface area contributed by atoms with E-state index >= 15 is 0 Å². The van der Waals surface area contributed by atoms with Crippen LogP contribution >= 0.6 is 0 Å². The summed E-state index contributed by atoms with van der Waals surface area (Å²) >= 11 is 0. The van der Waals surface area contributed by atoms with Crippen LogP contribution in [0.25, 0.3) is 0 Å². The second-order valence-corrected chi connectivity index (χ2v) is 8.18. The van der Waals surface area contributed by atoms with Gasteiger partial charge in [0.05, 0.1) is 11.4 Å². The van der Waals surface area contributed by atoms with Crippen LogP contribution in [-0.4, -0.2) is 42.8 Å². The molecular weight excluding hydrogens is 372 g/mol. The third-order valence-electron chi connectivity index (χ3n) is 4.34. The fourth-order valence-electron chi connectivity index (χ4n) is 2.91. The quantitative estimate of drug-likeness (QED) is 0.777. The Balaban J connectivity index is 1.70. The summed E-state index contributed by atoms with van der Waals surface area (Å²) in [6.45, 7) is 0.974.